The third kappa shape index (κ3) is 2.96. The third-order valence-electron chi connectivity index (χ3n) is 3.00. The average molecular weight is 362 g/mol. The lowest BCUT2D eigenvalue weighted by Crippen LogP contribution is -1.99. The van der Waals surface area contributed by atoms with Gasteiger partial charge in [0.2, 0.25) is 0 Å². The SMILES string of the molecule is Cc1cc(C(Br)c2c(Cl)cccc2Cl)cc(C)c1F. The molecule has 2 rings (SSSR count). The van der Waals surface area contributed by atoms with Crippen molar-refractivity contribution in [2.75, 3.05) is 0 Å². The number of hydrogen-bond acceptors (Lipinski definition) is 0. The first-order valence-corrected chi connectivity index (χ1v) is 7.43. The fraction of sp³-hybridized carbons (Fsp3) is 0.200. The van der Waals surface area contributed by atoms with Crippen molar-refractivity contribution in [3.05, 3.63) is 68.4 Å². The minimum Gasteiger partial charge on any atom is -0.206 e. The monoisotopic (exact) mass is 360 g/mol. The van der Waals surface area contributed by atoms with Crippen LogP contribution in [0.25, 0.3) is 0 Å². The van der Waals surface area contributed by atoms with E-state index >= 15 is 0 Å². The van der Waals surface area contributed by atoms with Gasteiger partial charge in [-0.15, -0.1) is 0 Å². The molecule has 0 aliphatic carbocycles. The summed E-state index contributed by atoms with van der Waals surface area (Å²) >= 11 is 16.0. The molecule has 0 aliphatic heterocycles. The van der Waals surface area contributed by atoms with Gasteiger partial charge in [0.05, 0.1) is 4.83 Å². The van der Waals surface area contributed by atoms with Gasteiger partial charge in [0, 0.05) is 15.6 Å². The molecule has 0 saturated heterocycles. The van der Waals surface area contributed by atoms with E-state index in [0.717, 1.165) is 11.1 Å². The van der Waals surface area contributed by atoms with Crippen molar-refractivity contribution in [3.63, 3.8) is 0 Å². The highest BCUT2D eigenvalue weighted by molar-refractivity contribution is 9.09. The van der Waals surface area contributed by atoms with E-state index < -0.39 is 0 Å². The van der Waals surface area contributed by atoms with Crippen LogP contribution in [0.2, 0.25) is 10.0 Å². The lowest BCUT2D eigenvalue weighted by Gasteiger charge is -2.16. The maximum absolute atomic E-state index is 13.7. The van der Waals surface area contributed by atoms with Crippen LogP contribution in [0.5, 0.6) is 0 Å². The summed E-state index contributed by atoms with van der Waals surface area (Å²) in [4.78, 5) is -0.160. The van der Waals surface area contributed by atoms with Crippen molar-refractivity contribution in [3.8, 4) is 0 Å². The second-order valence-electron chi connectivity index (χ2n) is 4.47. The van der Waals surface area contributed by atoms with Crippen LogP contribution in [0.1, 0.15) is 27.1 Å². The van der Waals surface area contributed by atoms with Gasteiger partial charge in [-0.25, -0.2) is 4.39 Å². The summed E-state index contributed by atoms with van der Waals surface area (Å²) in [6.07, 6.45) is 0. The van der Waals surface area contributed by atoms with E-state index in [4.69, 9.17) is 23.2 Å². The quantitative estimate of drug-likeness (QED) is 0.556. The second kappa shape index (κ2) is 5.82. The van der Waals surface area contributed by atoms with Crippen molar-refractivity contribution in [1.82, 2.24) is 0 Å². The lowest BCUT2D eigenvalue weighted by atomic mass is 10.00. The highest BCUT2D eigenvalue weighted by Gasteiger charge is 2.18. The normalized spacial score (nSPS) is 12.5. The minimum absolute atomic E-state index is 0.160. The van der Waals surface area contributed by atoms with Gasteiger partial charge in [-0.2, -0.15) is 0 Å². The Kier molecular flexibility index (Phi) is 4.54. The van der Waals surface area contributed by atoms with Crippen LogP contribution in [-0.4, -0.2) is 0 Å². The Morgan fingerprint density at radius 2 is 1.53 bits per heavy atom. The number of alkyl halides is 1. The predicted octanol–water partition coefficient (Wildman–Crippen LogP) is 6.23. The first-order valence-electron chi connectivity index (χ1n) is 5.76. The Labute approximate surface area is 130 Å². The lowest BCUT2D eigenvalue weighted by molar-refractivity contribution is 0.608. The van der Waals surface area contributed by atoms with E-state index in [9.17, 15) is 4.39 Å². The van der Waals surface area contributed by atoms with Crippen LogP contribution in [0.15, 0.2) is 30.3 Å². The largest absolute Gasteiger partial charge is 0.206 e. The Bertz CT molecular complexity index is 582. The molecule has 0 bridgehead atoms. The van der Waals surface area contributed by atoms with Crippen LogP contribution in [0.4, 0.5) is 4.39 Å². The summed E-state index contributed by atoms with van der Waals surface area (Å²) in [5.74, 6) is -0.172. The second-order valence-corrected chi connectivity index (χ2v) is 6.20. The molecule has 0 heterocycles. The molecule has 0 N–H and O–H groups in total. The Balaban J connectivity index is 2.53. The molecule has 0 aliphatic rings. The van der Waals surface area contributed by atoms with Crippen LogP contribution in [0.3, 0.4) is 0 Å². The van der Waals surface area contributed by atoms with Gasteiger partial charge >= 0.3 is 0 Å². The zero-order valence-corrected chi connectivity index (χ0v) is 13.6. The van der Waals surface area contributed by atoms with Crippen molar-refractivity contribution in [2.45, 2.75) is 18.7 Å². The van der Waals surface area contributed by atoms with Crippen molar-refractivity contribution >= 4 is 39.1 Å². The van der Waals surface area contributed by atoms with E-state index in [1.54, 1.807) is 44.2 Å². The maximum atomic E-state index is 13.7. The molecule has 2 aromatic rings. The van der Waals surface area contributed by atoms with Gasteiger partial charge in [-0.1, -0.05) is 57.3 Å². The van der Waals surface area contributed by atoms with Crippen molar-refractivity contribution in [1.29, 1.82) is 0 Å². The standard InChI is InChI=1S/C15H12BrCl2F/c1-8-6-10(7-9(2)15(8)19)14(16)13-11(17)4-3-5-12(13)18/h3-7,14H,1-2H3. The molecule has 0 amide bonds. The molecule has 2 aromatic carbocycles. The first kappa shape index (κ1) is 14.8. The summed E-state index contributed by atoms with van der Waals surface area (Å²) in [5.41, 5.74) is 2.97. The molecular weight excluding hydrogens is 350 g/mol. The number of benzene rings is 2. The molecule has 0 aromatic heterocycles. The molecule has 100 valence electrons. The number of halogens is 4. The van der Waals surface area contributed by atoms with E-state index in [-0.39, 0.29) is 10.6 Å². The van der Waals surface area contributed by atoms with E-state index in [1.165, 1.54) is 0 Å². The van der Waals surface area contributed by atoms with Crippen LogP contribution in [0, 0.1) is 19.7 Å². The van der Waals surface area contributed by atoms with Crippen LogP contribution < -0.4 is 0 Å². The Morgan fingerprint density at radius 3 is 2.00 bits per heavy atom. The zero-order valence-electron chi connectivity index (χ0n) is 10.5. The van der Waals surface area contributed by atoms with Gasteiger partial charge in [-0.05, 0) is 42.7 Å². The number of rotatable bonds is 2. The molecule has 0 spiro atoms. The maximum Gasteiger partial charge on any atom is 0.129 e. The molecule has 0 radical (unpaired) electrons. The number of aryl methyl sites for hydroxylation is 2. The van der Waals surface area contributed by atoms with Gasteiger partial charge < -0.3 is 0 Å². The van der Waals surface area contributed by atoms with E-state index in [1.807, 2.05) is 0 Å². The summed E-state index contributed by atoms with van der Waals surface area (Å²) in [7, 11) is 0. The molecule has 19 heavy (non-hydrogen) atoms. The molecule has 4 heteroatoms. The van der Waals surface area contributed by atoms with Crippen LogP contribution in [-0.2, 0) is 0 Å². The zero-order chi connectivity index (χ0) is 14.2. The van der Waals surface area contributed by atoms with Gasteiger partial charge in [0.15, 0.2) is 0 Å². The van der Waals surface area contributed by atoms with E-state index in [0.29, 0.717) is 21.2 Å². The topological polar surface area (TPSA) is 0 Å². The predicted molar refractivity (Wildman–Crippen MR) is 83.1 cm³/mol. The third-order valence-corrected chi connectivity index (χ3v) is 4.65. The van der Waals surface area contributed by atoms with Gasteiger partial charge in [0.25, 0.3) is 0 Å². The number of hydrogen-bond donors (Lipinski definition) is 0. The fourth-order valence-electron chi connectivity index (χ4n) is 2.05. The Morgan fingerprint density at radius 1 is 1.05 bits per heavy atom. The Hall–Kier alpha value is -0.570. The summed E-state index contributed by atoms with van der Waals surface area (Å²) in [6.45, 7) is 3.50. The van der Waals surface area contributed by atoms with Crippen molar-refractivity contribution in [2.24, 2.45) is 0 Å². The molecule has 0 fully saturated rings. The van der Waals surface area contributed by atoms with Crippen molar-refractivity contribution < 1.29 is 4.39 Å². The summed E-state index contributed by atoms with van der Waals surface area (Å²) in [5, 5.41) is 1.18. The average Bonchev–Trinajstić information content (AvgIpc) is 2.35. The molecule has 1 atom stereocenters. The van der Waals surface area contributed by atoms with E-state index in [2.05, 4.69) is 15.9 Å². The van der Waals surface area contributed by atoms with Gasteiger partial charge in [0.1, 0.15) is 5.82 Å². The molecule has 0 nitrogen and oxygen atoms in total. The molecule has 1 unspecified atom stereocenters. The molecule has 0 saturated carbocycles. The first-order chi connectivity index (χ1) is 8.91. The minimum atomic E-state index is -0.172. The highest BCUT2D eigenvalue weighted by Crippen LogP contribution is 2.40. The summed E-state index contributed by atoms with van der Waals surface area (Å²) < 4.78 is 13.7. The van der Waals surface area contributed by atoms with Gasteiger partial charge in [-0.3, -0.25) is 0 Å². The fourth-order valence-corrected chi connectivity index (χ4v) is 3.68. The smallest absolute Gasteiger partial charge is 0.129 e. The summed E-state index contributed by atoms with van der Waals surface area (Å²) in [6, 6.07) is 9.00. The molecular formula is C15H12BrCl2F. The van der Waals surface area contributed by atoms with Crippen LogP contribution >= 0.6 is 39.1 Å². The highest BCUT2D eigenvalue weighted by atomic mass is 79.9.